The lowest BCUT2D eigenvalue weighted by molar-refractivity contribution is 0.405. The molecule has 0 aromatic heterocycles. The van der Waals surface area contributed by atoms with Gasteiger partial charge in [0.05, 0.1) is 13.2 Å². The standard InChI is InChI=1S/C15H17BrClN3O/c1-21-15-5-2-10(16)6-9(15)7-14(20-19)12-4-3-11(17)8-13(12)18/h2-6,8,14,20H,7,18-19H2,1H3. The van der Waals surface area contributed by atoms with Crippen LogP contribution in [-0.4, -0.2) is 7.11 Å². The maximum Gasteiger partial charge on any atom is 0.122 e. The normalized spacial score (nSPS) is 12.2. The van der Waals surface area contributed by atoms with Gasteiger partial charge in [0, 0.05) is 15.2 Å². The van der Waals surface area contributed by atoms with Crippen LogP contribution < -0.4 is 21.7 Å². The highest BCUT2D eigenvalue weighted by Crippen LogP contribution is 2.30. The summed E-state index contributed by atoms with van der Waals surface area (Å²) in [6, 6.07) is 11.1. The van der Waals surface area contributed by atoms with Gasteiger partial charge in [0.1, 0.15) is 5.75 Å². The fourth-order valence-electron chi connectivity index (χ4n) is 2.25. The number of methoxy groups -OCH3 is 1. The van der Waals surface area contributed by atoms with Crippen LogP contribution >= 0.6 is 27.5 Å². The molecular weight excluding hydrogens is 354 g/mol. The number of anilines is 1. The van der Waals surface area contributed by atoms with Crippen LogP contribution in [0.25, 0.3) is 0 Å². The number of rotatable bonds is 5. The molecule has 0 spiro atoms. The Bertz CT molecular complexity index is 636. The molecule has 0 radical (unpaired) electrons. The molecule has 6 heteroatoms. The Morgan fingerprint density at radius 1 is 1.29 bits per heavy atom. The Hall–Kier alpha value is -1.27. The molecular formula is C15H17BrClN3O. The van der Waals surface area contributed by atoms with E-state index in [0.29, 0.717) is 17.1 Å². The van der Waals surface area contributed by atoms with Crippen molar-refractivity contribution in [2.24, 2.45) is 5.84 Å². The summed E-state index contributed by atoms with van der Waals surface area (Å²) in [7, 11) is 1.65. The van der Waals surface area contributed by atoms with Gasteiger partial charge in [-0.2, -0.15) is 0 Å². The van der Waals surface area contributed by atoms with Crippen LogP contribution in [0.15, 0.2) is 40.9 Å². The topological polar surface area (TPSA) is 73.3 Å². The predicted octanol–water partition coefficient (Wildman–Crippen LogP) is 3.44. The van der Waals surface area contributed by atoms with Crippen LogP contribution in [0.5, 0.6) is 5.75 Å². The lowest BCUT2D eigenvalue weighted by Gasteiger charge is -2.20. The Labute approximate surface area is 137 Å². The number of benzene rings is 2. The first-order valence-electron chi connectivity index (χ1n) is 6.38. The molecule has 4 nitrogen and oxygen atoms in total. The van der Waals surface area contributed by atoms with E-state index in [2.05, 4.69) is 21.4 Å². The molecule has 5 N–H and O–H groups in total. The summed E-state index contributed by atoms with van der Waals surface area (Å²) in [5.41, 5.74) is 11.4. The van der Waals surface area contributed by atoms with Crippen molar-refractivity contribution >= 4 is 33.2 Å². The van der Waals surface area contributed by atoms with Crippen molar-refractivity contribution in [1.82, 2.24) is 5.43 Å². The third kappa shape index (κ3) is 3.89. The molecule has 2 aromatic rings. The molecule has 1 atom stereocenters. The zero-order valence-electron chi connectivity index (χ0n) is 11.6. The number of nitrogen functional groups attached to an aromatic ring is 1. The zero-order chi connectivity index (χ0) is 15.4. The van der Waals surface area contributed by atoms with E-state index in [1.165, 1.54) is 0 Å². The molecule has 1 unspecified atom stereocenters. The molecule has 0 saturated carbocycles. The quantitative estimate of drug-likeness (QED) is 0.428. The van der Waals surface area contributed by atoms with Gasteiger partial charge in [0.15, 0.2) is 0 Å². The van der Waals surface area contributed by atoms with Crippen LogP contribution in [0.1, 0.15) is 17.2 Å². The van der Waals surface area contributed by atoms with Gasteiger partial charge in [0.2, 0.25) is 0 Å². The number of ether oxygens (including phenoxy) is 1. The van der Waals surface area contributed by atoms with E-state index in [9.17, 15) is 0 Å². The third-order valence-electron chi connectivity index (χ3n) is 3.29. The smallest absolute Gasteiger partial charge is 0.122 e. The van der Waals surface area contributed by atoms with Crippen molar-refractivity contribution in [2.75, 3.05) is 12.8 Å². The van der Waals surface area contributed by atoms with Crippen LogP contribution in [0.2, 0.25) is 5.02 Å². The van der Waals surface area contributed by atoms with Crippen molar-refractivity contribution in [3.8, 4) is 5.75 Å². The van der Waals surface area contributed by atoms with Gasteiger partial charge in [-0.1, -0.05) is 33.6 Å². The molecule has 0 aliphatic carbocycles. The van der Waals surface area contributed by atoms with Crippen LogP contribution in [0.3, 0.4) is 0 Å². The first kappa shape index (κ1) is 16.1. The summed E-state index contributed by atoms with van der Waals surface area (Å²) < 4.78 is 6.37. The molecule has 0 fully saturated rings. The second-order valence-corrected chi connectivity index (χ2v) is 6.00. The van der Waals surface area contributed by atoms with E-state index >= 15 is 0 Å². The van der Waals surface area contributed by atoms with Gasteiger partial charge in [-0.3, -0.25) is 11.3 Å². The number of hydrogen-bond acceptors (Lipinski definition) is 4. The molecule has 2 rings (SSSR count). The van der Waals surface area contributed by atoms with E-state index in [0.717, 1.165) is 21.3 Å². The van der Waals surface area contributed by atoms with Gasteiger partial charge in [-0.05, 0) is 47.9 Å². The second-order valence-electron chi connectivity index (χ2n) is 4.65. The molecule has 0 amide bonds. The minimum absolute atomic E-state index is 0.134. The van der Waals surface area contributed by atoms with E-state index in [1.54, 1.807) is 19.2 Å². The number of nitrogens with two attached hydrogens (primary N) is 2. The van der Waals surface area contributed by atoms with Crippen LogP contribution in [-0.2, 0) is 6.42 Å². The van der Waals surface area contributed by atoms with Crippen molar-refractivity contribution < 1.29 is 4.74 Å². The maximum atomic E-state index is 6.03. The minimum atomic E-state index is -0.134. The number of halogens is 2. The largest absolute Gasteiger partial charge is 0.496 e. The van der Waals surface area contributed by atoms with Gasteiger partial charge in [-0.25, -0.2) is 0 Å². The minimum Gasteiger partial charge on any atom is -0.496 e. The summed E-state index contributed by atoms with van der Waals surface area (Å²) in [6.45, 7) is 0. The third-order valence-corrected chi connectivity index (χ3v) is 4.02. The zero-order valence-corrected chi connectivity index (χ0v) is 13.9. The highest BCUT2D eigenvalue weighted by Gasteiger charge is 2.16. The van der Waals surface area contributed by atoms with Gasteiger partial charge in [-0.15, -0.1) is 0 Å². The van der Waals surface area contributed by atoms with Crippen molar-refractivity contribution in [3.05, 3.63) is 57.0 Å². The van der Waals surface area contributed by atoms with Crippen LogP contribution in [0.4, 0.5) is 5.69 Å². The van der Waals surface area contributed by atoms with E-state index in [1.807, 2.05) is 24.3 Å². The van der Waals surface area contributed by atoms with Gasteiger partial charge in [0.25, 0.3) is 0 Å². The molecule has 0 aliphatic rings. The highest BCUT2D eigenvalue weighted by atomic mass is 79.9. The Balaban J connectivity index is 2.33. The van der Waals surface area contributed by atoms with Crippen LogP contribution in [0, 0.1) is 0 Å². The molecule has 0 bridgehead atoms. The highest BCUT2D eigenvalue weighted by molar-refractivity contribution is 9.10. The summed E-state index contributed by atoms with van der Waals surface area (Å²) in [4.78, 5) is 0. The molecule has 0 aliphatic heterocycles. The van der Waals surface area contributed by atoms with Crippen molar-refractivity contribution in [3.63, 3.8) is 0 Å². The average Bonchev–Trinajstić information content (AvgIpc) is 2.45. The Morgan fingerprint density at radius 2 is 2.05 bits per heavy atom. The van der Waals surface area contributed by atoms with Gasteiger partial charge >= 0.3 is 0 Å². The predicted molar refractivity (Wildman–Crippen MR) is 90.3 cm³/mol. The van der Waals surface area contributed by atoms with Crippen molar-refractivity contribution in [2.45, 2.75) is 12.5 Å². The lowest BCUT2D eigenvalue weighted by Crippen LogP contribution is -2.30. The summed E-state index contributed by atoms with van der Waals surface area (Å²) in [6.07, 6.45) is 0.644. The first-order chi connectivity index (χ1) is 10.0. The molecule has 0 heterocycles. The summed E-state index contributed by atoms with van der Waals surface area (Å²) in [5, 5.41) is 0.604. The van der Waals surface area contributed by atoms with E-state index in [-0.39, 0.29) is 6.04 Å². The number of nitrogens with one attached hydrogen (secondary N) is 1. The maximum absolute atomic E-state index is 6.03. The first-order valence-corrected chi connectivity index (χ1v) is 7.55. The molecule has 0 saturated heterocycles. The van der Waals surface area contributed by atoms with E-state index < -0.39 is 0 Å². The van der Waals surface area contributed by atoms with E-state index in [4.69, 9.17) is 27.9 Å². The SMILES string of the molecule is COc1ccc(Br)cc1CC(NN)c1ccc(Cl)cc1N. The molecule has 112 valence electrons. The lowest BCUT2D eigenvalue weighted by atomic mass is 9.97. The number of hydrazine groups is 1. The summed E-state index contributed by atoms with van der Waals surface area (Å²) >= 11 is 9.40. The monoisotopic (exact) mass is 369 g/mol. The fraction of sp³-hybridized carbons (Fsp3) is 0.200. The number of hydrogen-bond donors (Lipinski definition) is 3. The van der Waals surface area contributed by atoms with Crippen molar-refractivity contribution in [1.29, 1.82) is 0 Å². The Morgan fingerprint density at radius 3 is 2.67 bits per heavy atom. The summed E-state index contributed by atoms with van der Waals surface area (Å²) in [5.74, 6) is 6.51. The fourth-order valence-corrected chi connectivity index (χ4v) is 2.84. The van der Waals surface area contributed by atoms with Gasteiger partial charge < -0.3 is 10.5 Å². The Kier molecular flexibility index (Phi) is 5.47. The molecule has 2 aromatic carbocycles. The molecule has 21 heavy (non-hydrogen) atoms. The average molecular weight is 371 g/mol. The second kappa shape index (κ2) is 7.13.